The Hall–Kier alpha value is -2.80. The Balaban J connectivity index is 1.66. The van der Waals surface area contributed by atoms with E-state index in [0.29, 0.717) is 6.04 Å². The fourth-order valence-corrected chi connectivity index (χ4v) is 3.45. The number of rotatable bonds is 4. The summed E-state index contributed by atoms with van der Waals surface area (Å²) in [6, 6.07) is 32.7. The highest BCUT2D eigenvalue weighted by molar-refractivity contribution is 5.68. The minimum absolute atomic E-state index is 0.404. The minimum Gasteiger partial charge on any atom is -0.366 e. The molecular formula is C23H21N. The van der Waals surface area contributed by atoms with Crippen molar-refractivity contribution >= 4 is 5.57 Å². The average Bonchev–Trinajstić information content (AvgIpc) is 3.08. The molecule has 0 fully saturated rings. The van der Waals surface area contributed by atoms with E-state index in [1.165, 1.54) is 22.3 Å². The molecule has 4 rings (SSSR count). The predicted octanol–water partition coefficient (Wildman–Crippen LogP) is 5.67. The molecular weight excluding hydrogens is 290 g/mol. The Kier molecular flexibility index (Phi) is 4.16. The molecule has 0 spiro atoms. The van der Waals surface area contributed by atoms with Crippen molar-refractivity contribution in [3.63, 3.8) is 0 Å². The fraction of sp³-hybridized carbons (Fsp3) is 0.130. The highest BCUT2D eigenvalue weighted by Gasteiger charge is 2.26. The van der Waals surface area contributed by atoms with Crippen LogP contribution in [0.3, 0.4) is 0 Å². The van der Waals surface area contributed by atoms with E-state index in [1.54, 1.807) is 0 Å². The van der Waals surface area contributed by atoms with Gasteiger partial charge in [-0.15, -0.1) is 0 Å². The lowest BCUT2D eigenvalue weighted by Gasteiger charge is -2.26. The number of benzene rings is 3. The van der Waals surface area contributed by atoms with Crippen LogP contribution in [0.2, 0.25) is 0 Å². The van der Waals surface area contributed by atoms with Gasteiger partial charge in [0.15, 0.2) is 0 Å². The quantitative estimate of drug-likeness (QED) is 0.599. The molecule has 0 bridgehead atoms. The average molecular weight is 311 g/mol. The Morgan fingerprint density at radius 1 is 0.708 bits per heavy atom. The minimum atomic E-state index is 0.404. The van der Waals surface area contributed by atoms with Crippen molar-refractivity contribution in [2.24, 2.45) is 0 Å². The van der Waals surface area contributed by atoms with Gasteiger partial charge in [0, 0.05) is 12.7 Å². The van der Waals surface area contributed by atoms with Gasteiger partial charge in [0.2, 0.25) is 0 Å². The third kappa shape index (κ3) is 3.11. The van der Waals surface area contributed by atoms with Crippen LogP contribution in [-0.4, -0.2) is 4.90 Å². The van der Waals surface area contributed by atoms with Crippen LogP contribution in [0.15, 0.2) is 97.2 Å². The molecule has 3 aromatic carbocycles. The van der Waals surface area contributed by atoms with E-state index < -0.39 is 0 Å². The second kappa shape index (κ2) is 6.76. The van der Waals surface area contributed by atoms with E-state index >= 15 is 0 Å². The predicted molar refractivity (Wildman–Crippen MR) is 100 cm³/mol. The third-order valence-electron chi connectivity index (χ3n) is 4.67. The Labute approximate surface area is 143 Å². The maximum Gasteiger partial charge on any atom is 0.0581 e. The lowest BCUT2D eigenvalue weighted by molar-refractivity contribution is 0.297. The van der Waals surface area contributed by atoms with Crippen LogP contribution >= 0.6 is 0 Å². The molecule has 1 atom stereocenters. The van der Waals surface area contributed by atoms with Gasteiger partial charge in [0.25, 0.3) is 0 Å². The summed E-state index contributed by atoms with van der Waals surface area (Å²) in [4.78, 5) is 2.48. The SMILES string of the molecule is C1=C(c2ccccc2)CC(c2ccccc2)N1Cc1ccccc1. The maximum absolute atomic E-state index is 2.48. The molecule has 0 aromatic heterocycles. The second-order valence-electron chi connectivity index (χ2n) is 6.31. The van der Waals surface area contributed by atoms with Gasteiger partial charge < -0.3 is 4.90 Å². The summed E-state index contributed by atoms with van der Waals surface area (Å²) in [5.41, 5.74) is 5.48. The maximum atomic E-state index is 2.48. The molecule has 1 unspecified atom stereocenters. The summed E-state index contributed by atoms with van der Waals surface area (Å²) in [6.45, 7) is 0.941. The van der Waals surface area contributed by atoms with Crippen LogP contribution in [0, 0.1) is 0 Å². The first-order valence-corrected chi connectivity index (χ1v) is 8.51. The summed E-state index contributed by atoms with van der Waals surface area (Å²) in [6.07, 6.45) is 3.40. The third-order valence-corrected chi connectivity index (χ3v) is 4.67. The van der Waals surface area contributed by atoms with Crippen LogP contribution in [0.5, 0.6) is 0 Å². The van der Waals surface area contributed by atoms with Crippen LogP contribution in [0.25, 0.3) is 5.57 Å². The number of hydrogen-bond donors (Lipinski definition) is 0. The Morgan fingerprint density at radius 2 is 1.29 bits per heavy atom. The molecule has 24 heavy (non-hydrogen) atoms. The van der Waals surface area contributed by atoms with Gasteiger partial charge in [-0.05, 0) is 28.7 Å². The lowest BCUT2D eigenvalue weighted by atomic mass is 9.98. The van der Waals surface area contributed by atoms with Gasteiger partial charge in [0.05, 0.1) is 6.04 Å². The molecule has 0 amide bonds. The zero-order chi connectivity index (χ0) is 16.2. The molecule has 0 radical (unpaired) electrons. The highest BCUT2D eigenvalue weighted by Crippen LogP contribution is 2.39. The molecule has 1 aliphatic rings. The van der Waals surface area contributed by atoms with Crippen LogP contribution in [0.4, 0.5) is 0 Å². The molecule has 118 valence electrons. The zero-order valence-electron chi connectivity index (χ0n) is 13.7. The largest absolute Gasteiger partial charge is 0.366 e. The Morgan fingerprint density at radius 3 is 1.96 bits per heavy atom. The molecule has 0 saturated carbocycles. The van der Waals surface area contributed by atoms with Gasteiger partial charge in [-0.2, -0.15) is 0 Å². The molecule has 1 nitrogen and oxygen atoms in total. The van der Waals surface area contributed by atoms with Gasteiger partial charge in [0.1, 0.15) is 0 Å². The summed E-state index contributed by atoms with van der Waals surface area (Å²) in [5, 5.41) is 0. The van der Waals surface area contributed by atoms with Crippen molar-refractivity contribution in [2.75, 3.05) is 0 Å². The molecule has 3 aromatic rings. The van der Waals surface area contributed by atoms with E-state index in [2.05, 4.69) is 102 Å². The molecule has 0 N–H and O–H groups in total. The topological polar surface area (TPSA) is 3.24 Å². The lowest BCUT2D eigenvalue weighted by Crippen LogP contribution is -2.19. The first-order valence-electron chi connectivity index (χ1n) is 8.51. The number of hydrogen-bond acceptors (Lipinski definition) is 1. The van der Waals surface area contributed by atoms with E-state index in [-0.39, 0.29) is 0 Å². The van der Waals surface area contributed by atoms with Gasteiger partial charge in [-0.25, -0.2) is 0 Å². The van der Waals surface area contributed by atoms with Gasteiger partial charge in [-0.1, -0.05) is 91.0 Å². The van der Waals surface area contributed by atoms with Gasteiger partial charge in [-0.3, -0.25) is 0 Å². The second-order valence-corrected chi connectivity index (χ2v) is 6.31. The zero-order valence-corrected chi connectivity index (χ0v) is 13.7. The van der Waals surface area contributed by atoms with E-state index in [4.69, 9.17) is 0 Å². The standard InChI is InChI=1S/C23H21N/c1-4-10-19(11-5-1)17-24-18-22(20-12-6-2-7-13-20)16-23(24)21-14-8-3-9-15-21/h1-15,18,23H,16-17H2. The summed E-state index contributed by atoms with van der Waals surface area (Å²) >= 11 is 0. The van der Waals surface area contributed by atoms with E-state index in [9.17, 15) is 0 Å². The van der Waals surface area contributed by atoms with Crippen LogP contribution in [0.1, 0.15) is 29.2 Å². The van der Waals surface area contributed by atoms with Crippen molar-refractivity contribution in [1.82, 2.24) is 4.90 Å². The summed E-state index contributed by atoms with van der Waals surface area (Å²) < 4.78 is 0. The first kappa shape index (κ1) is 14.8. The van der Waals surface area contributed by atoms with Crippen LogP contribution in [-0.2, 0) is 6.54 Å². The monoisotopic (exact) mass is 311 g/mol. The first-order chi connectivity index (χ1) is 11.9. The normalized spacial score (nSPS) is 16.9. The number of nitrogens with zero attached hydrogens (tertiary/aromatic N) is 1. The van der Waals surface area contributed by atoms with Crippen molar-refractivity contribution in [3.8, 4) is 0 Å². The van der Waals surface area contributed by atoms with Gasteiger partial charge >= 0.3 is 0 Å². The highest BCUT2D eigenvalue weighted by atomic mass is 15.2. The smallest absolute Gasteiger partial charge is 0.0581 e. The van der Waals surface area contributed by atoms with Crippen molar-refractivity contribution in [1.29, 1.82) is 0 Å². The van der Waals surface area contributed by atoms with E-state index in [1.807, 2.05) is 0 Å². The van der Waals surface area contributed by atoms with Crippen molar-refractivity contribution in [2.45, 2.75) is 19.0 Å². The van der Waals surface area contributed by atoms with Crippen molar-refractivity contribution < 1.29 is 0 Å². The van der Waals surface area contributed by atoms with Crippen LogP contribution < -0.4 is 0 Å². The molecule has 0 saturated heterocycles. The fourth-order valence-electron chi connectivity index (χ4n) is 3.45. The van der Waals surface area contributed by atoms with E-state index in [0.717, 1.165) is 13.0 Å². The molecule has 1 heteroatoms. The molecule has 0 aliphatic carbocycles. The Bertz CT molecular complexity index is 806. The molecule has 1 aliphatic heterocycles. The molecule has 1 heterocycles. The van der Waals surface area contributed by atoms with Crippen molar-refractivity contribution in [3.05, 3.63) is 114 Å². The summed E-state index contributed by atoms with van der Waals surface area (Å²) in [7, 11) is 0. The summed E-state index contributed by atoms with van der Waals surface area (Å²) in [5.74, 6) is 0.